The summed E-state index contributed by atoms with van der Waals surface area (Å²) in [5, 5.41) is 2.86. The molecule has 0 aliphatic carbocycles. The number of sulfonamides is 1. The highest BCUT2D eigenvalue weighted by atomic mass is 32.2. The Bertz CT molecular complexity index is 664. The van der Waals surface area contributed by atoms with Crippen molar-refractivity contribution >= 4 is 15.9 Å². The maximum Gasteiger partial charge on any atom is 0.238 e. The van der Waals surface area contributed by atoms with E-state index >= 15 is 0 Å². The molecule has 0 saturated carbocycles. The Morgan fingerprint density at radius 1 is 1.35 bits per heavy atom. The molecule has 1 saturated heterocycles. The molecule has 0 bridgehead atoms. The van der Waals surface area contributed by atoms with Crippen molar-refractivity contribution in [2.75, 3.05) is 19.3 Å². The van der Waals surface area contributed by atoms with Crippen molar-refractivity contribution in [3.05, 3.63) is 29.8 Å². The van der Waals surface area contributed by atoms with Gasteiger partial charge in [-0.1, -0.05) is 24.6 Å². The van der Waals surface area contributed by atoms with Crippen molar-refractivity contribution in [3.63, 3.8) is 0 Å². The van der Waals surface area contributed by atoms with Crippen LogP contribution in [0.3, 0.4) is 0 Å². The quantitative estimate of drug-likeness (QED) is 0.886. The predicted molar refractivity (Wildman–Crippen MR) is 86.8 cm³/mol. The summed E-state index contributed by atoms with van der Waals surface area (Å²) in [6.07, 6.45) is 4.08. The van der Waals surface area contributed by atoms with E-state index in [1.54, 1.807) is 0 Å². The van der Waals surface area contributed by atoms with Gasteiger partial charge in [0, 0.05) is 13.0 Å². The van der Waals surface area contributed by atoms with E-state index in [4.69, 9.17) is 4.74 Å². The van der Waals surface area contributed by atoms with E-state index in [1.165, 1.54) is 4.31 Å². The molecule has 1 amide bonds. The SMILES string of the molecule is CS(=O)(=O)N1CCCC[C@H]1C(=O)NC[C@H]1Cc2ccccc2O1. The Labute approximate surface area is 136 Å². The molecule has 1 aromatic carbocycles. The first-order valence-electron chi connectivity index (χ1n) is 7.94. The first kappa shape index (κ1) is 16.3. The van der Waals surface area contributed by atoms with Gasteiger partial charge in [-0.15, -0.1) is 0 Å². The monoisotopic (exact) mass is 338 g/mol. The molecule has 2 aliphatic heterocycles. The summed E-state index contributed by atoms with van der Waals surface area (Å²) < 4.78 is 30.8. The number of benzene rings is 1. The molecule has 1 fully saturated rings. The van der Waals surface area contributed by atoms with Crippen LogP contribution in [-0.2, 0) is 21.2 Å². The summed E-state index contributed by atoms with van der Waals surface area (Å²) in [7, 11) is -3.36. The lowest BCUT2D eigenvalue weighted by atomic mass is 10.0. The molecule has 0 unspecified atom stereocenters. The molecule has 1 aromatic rings. The fourth-order valence-corrected chi connectivity index (χ4v) is 4.39. The average Bonchev–Trinajstić information content (AvgIpc) is 2.94. The summed E-state index contributed by atoms with van der Waals surface area (Å²) in [6.45, 7) is 0.809. The molecule has 2 aliphatic rings. The van der Waals surface area contributed by atoms with Gasteiger partial charge in [-0.05, 0) is 24.5 Å². The molecular weight excluding hydrogens is 316 g/mol. The van der Waals surface area contributed by atoms with Gasteiger partial charge in [-0.2, -0.15) is 4.31 Å². The second-order valence-corrected chi connectivity index (χ2v) is 8.12. The molecule has 7 heteroatoms. The van der Waals surface area contributed by atoms with E-state index in [1.807, 2.05) is 24.3 Å². The first-order chi connectivity index (χ1) is 10.9. The Kier molecular flexibility index (Phi) is 4.59. The van der Waals surface area contributed by atoms with E-state index in [9.17, 15) is 13.2 Å². The van der Waals surface area contributed by atoms with Gasteiger partial charge >= 0.3 is 0 Å². The zero-order valence-corrected chi connectivity index (χ0v) is 14.0. The maximum absolute atomic E-state index is 12.4. The number of ether oxygens (including phenoxy) is 1. The number of fused-ring (bicyclic) bond motifs is 1. The van der Waals surface area contributed by atoms with Crippen molar-refractivity contribution < 1.29 is 17.9 Å². The number of amides is 1. The lowest BCUT2D eigenvalue weighted by Gasteiger charge is -2.32. The Morgan fingerprint density at radius 2 is 2.13 bits per heavy atom. The van der Waals surface area contributed by atoms with Gasteiger partial charge in [0.15, 0.2) is 0 Å². The molecule has 23 heavy (non-hydrogen) atoms. The van der Waals surface area contributed by atoms with Crippen LogP contribution in [0.4, 0.5) is 0 Å². The van der Waals surface area contributed by atoms with Gasteiger partial charge in [0.2, 0.25) is 15.9 Å². The lowest BCUT2D eigenvalue weighted by molar-refractivity contribution is -0.126. The minimum atomic E-state index is -3.36. The molecule has 2 heterocycles. The average molecular weight is 338 g/mol. The molecule has 3 rings (SSSR count). The summed E-state index contributed by atoms with van der Waals surface area (Å²) in [6, 6.07) is 7.23. The molecule has 1 N–H and O–H groups in total. The largest absolute Gasteiger partial charge is 0.488 e. The van der Waals surface area contributed by atoms with Crippen LogP contribution in [0.15, 0.2) is 24.3 Å². The van der Waals surface area contributed by atoms with Crippen LogP contribution in [0.2, 0.25) is 0 Å². The van der Waals surface area contributed by atoms with Crippen molar-refractivity contribution in [2.45, 2.75) is 37.8 Å². The molecule has 0 radical (unpaired) electrons. The van der Waals surface area contributed by atoms with Crippen LogP contribution >= 0.6 is 0 Å². The van der Waals surface area contributed by atoms with E-state index in [-0.39, 0.29) is 12.0 Å². The van der Waals surface area contributed by atoms with E-state index < -0.39 is 16.1 Å². The number of nitrogens with zero attached hydrogens (tertiary/aromatic N) is 1. The third kappa shape index (κ3) is 3.67. The van der Waals surface area contributed by atoms with Crippen LogP contribution in [0.1, 0.15) is 24.8 Å². The fraction of sp³-hybridized carbons (Fsp3) is 0.562. The van der Waals surface area contributed by atoms with Crippen molar-refractivity contribution in [1.29, 1.82) is 0 Å². The minimum Gasteiger partial charge on any atom is -0.488 e. The Hall–Kier alpha value is -1.60. The smallest absolute Gasteiger partial charge is 0.238 e. The highest BCUT2D eigenvalue weighted by Gasteiger charge is 2.34. The van der Waals surface area contributed by atoms with Crippen LogP contribution in [0.5, 0.6) is 5.75 Å². The second-order valence-electron chi connectivity index (χ2n) is 6.18. The van der Waals surface area contributed by atoms with Gasteiger partial charge < -0.3 is 10.1 Å². The third-order valence-electron chi connectivity index (χ3n) is 4.40. The fourth-order valence-electron chi connectivity index (χ4n) is 3.26. The molecular formula is C16H22N2O4S. The summed E-state index contributed by atoms with van der Waals surface area (Å²) in [4.78, 5) is 12.4. The van der Waals surface area contributed by atoms with Crippen LogP contribution in [0, 0.1) is 0 Å². The van der Waals surface area contributed by atoms with Crippen molar-refractivity contribution in [1.82, 2.24) is 9.62 Å². The second kappa shape index (κ2) is 6.49. The molecule has 6 nitrogen and oxygen atoms in total. The number of carbonyl (C=O) groups excluding carboxylic acids is 1. The predicted octanol–water partition coefficient (Wildman–Crippen LogP) is 0.920. The molecule has 2 atom stereocenters. The van der Waals surface area contributed by atoms with Gasteiger partial charge in [0.25, 0.3) is 0 Å². The Balaban J connectivity index is 1.57. The van der Waals surface area contributed by atoms with E-state index in [0.717, 1.165) is 36.8 Å². The first-order valence-corrected chi connectivity index (χ1v) is 9.79. The zero-order chi connectivity index (χ0) is 16.4. The number of para-hydroxylation sites is 1. The van der Waals surface area contributed by atoms with Crippen molar-refractivity contribution in [2.24, 2.45) is 0 Å². The van der Waals surface area contributed by atoms with Gasteiger partial charge in [0.05, 0.1) is 12.8 Å². The van der Waals surface area contributed by atoms with E-state index in [0.29, 0.717) is 19.5 Å². The normalized spacial score (nSPS) is 24.7. The zero-order valence-electron chi connectivity index (χ0n) is 13.2. The minimum absolute atomic E-state index is 0.0911. The van der Waals surface area contributed by atoms with Crippen LogP contribution < -0.4 is 10.1 Å². The molecule has 126 valence electrons. The number of hydrogen-bond donors (Lipinski definition) is 1. The third-order valence-corrected chi connectivity index (χ3v) is 5.69. The van der Waals surface area contributed by atoms with Crippen LogP contribution in [0.25, 0.3) is 0 Å². The summed E-state index contributed by atoms with van der Waals surface area (Å²) in [5.41, 5.74) is 1.14. The maximum atomic E-state index is 12.4. The highest BCUT2D eigenvalue weighted by molar-refractivity contribution is 7.88. The van der Waals surface area contributed by atoms with Crippen LogP contribution in [-0.4, -0.2) is 50.1 Å². The van der Waals surface area contributed by atoms with Gasteiger partial charge in [0.1, 0.15) is 17.9 Å². The van der Waals surface area contributed by atoms with Gasteiger partial charge in [-0.3, -0.25) is 4.79 Å². The lowest BCUT2D eigenvalue weighted by Crippen LogP contribution is -2.52. The molecule has 0 aromatic heterocycles. The molecule has 0 spiro atoms. The summed E-state index contributed by atoms with van der Waals surface area (Å²) in [5.74, 6) is 0.636. The van der Waals surface area contributed by atoms with Crippen molar-refractivity contribution in [3.8, 4) is 5.75 Å². The summed E-state index contributed by atoms with van der Waals surface area (Å²) >= 11 is 0. The topological polar surface area (TPSA) is 75.7 Å². The van der Waals surface area contributed by atoms with Gasteiger partial charge in [-0.25, -0.2) is 8.42 Å². The highest BCUT2D eigenvalue weighted by Crippen LogP contribution is 2.28. The number of rotatable bonds is 4. The number of nitrogens with one attached hydrogen (secondary N) is 1. The Morgan fingerprint density at radius 3 is 2.87 bits per heavy atom. The number of carbonyl (C=O) groups is 1. The van der Waals surface area contributed by atoms with E-state index in [2.05, 4.69) is 5.32 Å². The number of piperidine rings is 1. The number of hydrogen-bond acceptors (Lipinski definition) is 4. The standard InChI is InChI=1S/C16H22N2O4S/c1-23(20,21)18-9-5-4-7-14(18)16(19)17-11-13-10-12-6-2-3-8-15(12)22-13/h2-3,6,8,13-14H,4-5,7,9-11H2,1H3,(H,17,19)/t13-,14+/m1/s1.